The van der Waals surface area contributed by atoms with E-state index in [1.807, 2.05) is 0 Å². The first-order valence-corrected chi connectivity index (χ1v) is 10.5. The smallest absolute Gasteiger partial charge is 0.267 e. The number of hydrogen-bond donors (Lipinski definition) is 2. The molecule has 2 aromatic carbocycles. The Bertz CT molecular complexity index is 1620. The van der Waals surface area contributed by atoms with E-state index in [4.69, 9.17) is 11.6 Å². The molecule has 0 bridgehead atoms. The summed E-state index contributed by atoms with van der Waals surface area (Å²) in [4.78, 5) is 33.4. The molecule has 5 aromatic rings. The van der Waals surface area contributed by atoms with Gasteiger partial charge in [-0.2, -0.15) is 0 Å². The van der Waals surface area contributed by atoms with E-state index in [1.165, 1.54) is 18.7 Å². The first-order valence-electron chi connectivity index (χ1n) is 10.2. The molecule has 1 atom stereocenters. The lowest BCUT2D eigenvalue weighted by molar-refractivity contribution is 0.579. The molecule has 0 aliphatic carbocycles. The zero-order valence-electron chi connectivity index (χ0n) is 17.5. The Kier molecular flexibility index (Phi) is 5.40. The van der Waals surface area contributed by atoms with Gasteiger partial charge in [0.1, 0.15) is 35.1 Å². The summed E-state index contributed by atoms with van der Waals surface area (Å²) in [5.74, 6) is -2.08. The molecule has 12 heteroatoms. The first-order chi connectivity index (χ1) is 16.4. The average molecular weight is 486 g/mol. The van der Waals surface area contributed by atoms with Gasteiger partial charge in [0.2, 0.25) is 0 Å². The maximum atomic E-state index is 14.8. The normalized spacial score (nSPS) is 12.4. The van der Waals surface area contributed by atoms with Crippen LogP contribution in [0.1, 0.15) is 25.2 Å². The molecule has 0 unspecified atom stereocenters. The Morgan fingerprint density at radius 2 is 1.91 bits per heavy atom. The van der Waals surface area contributed by atoms with Gasteiger partial charge < -0.3 is 10.3 Å². The van der Waals surface area contributed by atoms with E-state index in [1.54, 1.807) is 6.92 Å². The summed E-state index contributed by atoms with van der Waals surface area (Å²) in [5.41, 5.74) is -0.205. The van der Waals surface area contributed by atoms with Gasteiger partial charge in [-0.25, -0.2) is 33.1 Å². The predicted octanol–water partition coefficient (Wildman–Crippen LogP) is 4.69. The highest BCUT2D eigenvalue weighted by Gasteiger charge is 2.25. The van der Waals surface area contributed by atoms with Gasteiger partial charge >= 0.3 is 0 Å². The highest BCUT2D eigenvalue weighted by Crippen LogP contribution is 2.29. The number of anilines is 1. The van der Waals surface area contributed by atoms with Crippen LogP contribution in [0.15, 0.2) is 47.8 Å². The molecule has 2 N–H and O–H groups in total. The fourth-order valence-corrected chi connectivity index (χ4v) is 3.98. The van der Waals surface area contributed by atoms with Crippen molar-refractivity contribution in [3.05, 3.63) is 81.6 Å². The van der Waals surface area contributed by atoms with E-state index < -0.39 is 34.1 Å². The molecular formula is C22H15ClF3N7O. The Hall–Kier alpha value is -3.99. The predicted molar refractivity (Wildman–Crippen MR) is 121 cm³/mol. The van der Waals surface area contributed by atoms with Crippen LogP contribution < -0.4 is 10.9 Å². The van der Waals surface area contributed by atoms with E-state index in [9.17, 15) is 18.0 Å². The lowest BCUT2D eigenvalue weighted by atomic mass is 10.1. The molecule has 0 fully saturated rings. The third-order valence-electron chi connectivity index (χ3n) is 5.35. The zero-order chi connectivity index (χ0) is 24.0. The van der Waals surface area contributed by atoms with Crippen molar-refractivity contribution < 1.29 is 13.2 Å². The number of halogens is 4. The fraction of sp³-hybridized carbons (Fsp3) is 0.136. The quantitative estimate of drug-likeness (QED) is 0.374. The van der Waals surface area contributed by atoms with Crippen LogP contribution in [-0.4, -0.2) is 29.5 Å². The molecule has 0 saturated heterocycles. The van der Waals surface area contributed by atoms with E-state index in [0.717, 1.165) is 28.8 Å². The van der Waals surface area contributed by atoms with Crippen molar-refractivity contribution in [2.75, 3.05) is 5.32 Å². The molecule has 0 saturated carbocycles. The number of aromatic nitrogens is 6. The second kappa shape index (κ2) is 8.41. The second-order valence-electron chi connectivity index (χ2n) is 7.39. The van der Waals surface area contributed by atoms with Gasteiger partial charge in [0.05, 0.1) is 34.0 Å². The molecule has 0 amide bonds. The fourth-order valence-electron chi connectivity index (χ4n) is 3.73. The maximum Gasteiger partial charge on any atom is 0.267 e. The van der Waals surface area contributed by atoms with Gasteiger partial charge in [-0.1, -0.05) is 18.5 Å². The van der Waals surface area contributed by atoms with E-state index >= 15 is 0 Å². The Labute approximate surface area is 194 Å². The first kappa shape index (κ1) is 21.8. The van der Waals surface area contributed by atoms with Gasteiger partial charge in [0.25, 0.3) is 5.56 Å². The van der Waals surface area contributed by atoms with Crippen LogP contribution in [0.4, 0.5) is 19.0 Å². The van der Waals surface area contributed by atoms with Crippen LogP contribution in [0, 0.1) is 17.5 Å². The van der Waals surface area contributed by atoms with Gasteiger partial charge in [-0.15, -0.1) is 0 Å². The van der Waals surface area contributed by atoms with E-state index in [0.29, 0.717) is 23.4 Å². The average Bonchev–Trinajstić information content (AvgIpc) is 3.31. The molecule has 3 aromatic heterocycles. The standard InChI is InChI=1S/C22H15ClF3N7O/c1-2-13(31-20-18-19(28-8-27-18)29-9-30-20)21-32-14-6-5-12(26)17(23)16(14)22(34)33(21)15-7-10(24)3-4-11(15)25/h3-9,13H,2H2,1H3,(H2,27,28,29,30,31)/t13-/m0/s1. The number of aromatic amines is 1. The monoisotopic (exact) mass is 485 g/mol. The largest absolute Gasteiger partial charge is 0.358 e. The lowest BCUT2D eigenvalue weighted by Crippen LogP contribution is -2.29. The Balaban J connectivity index is 1.79. The van der Waals surface area contributed by atoms with Gasteiger partial charge in [-0.05, 0) is 30.7 Å². The van der Waals surface area contributed by atoms with E-state index in [2.05, 4.69) is 30.2 Å². The molecule has 172 valence electrons. The van der Waals surface area contributed by atoms with Crippen molar-refractivity contribution in [3.63, 3.8) is 0 Å². The number of hydrogen-bond acceptors (Lipinski definition) is 6. The molecule has 0 radical (unpaired) electrons. The van der Waals surface area contributed by atoms with Crippen LogP contribution in [0.2, 0.25) is 5.02 Å². The van der Waals surface area contributed by atoms with Crippen LogP contribution in [-0.2, 0) is 0 Å². The van der Waals surface area contributed by atoms with Crippen LogP contribution in [0.5, 0.6) is 0 Å². The van der Waals surface area contributed by atoms with Crippen LogP contribution >= 0.6 is 11.6 Å². The minimum absolute atomic E-state index is 0.0504. The van der Waals surface area contributed by atoms with Crippen molar-refractivity contribution in [2.45, 2.75) is 19.4 Å². The molecule has 0 aliphatic heterocycles. The SMILES string of the molecule is CC[C@H](Nc1ncnc2[nH]cnc12)c1nc2ccc(F)c(Cl)c2c(=O)n1-c1cc(F)ccc1F. The number of nitrogens with zero attached hydrogens (tertiary/aromatic N) is 5. The third-order valence-corrected chi connectivity index (χ3v) is 5.72. The minimum Gasteiger partial charge on any atom is -0.358 e. The summed E-state index contributed by atoms with van der Waals surface area (Å²) >= 11 is 6.07. The molecule has 3 heterocycles. The maximum absolute atomic E-state index is 14.8. The van der Waals surface area contributed by atoms with Crippen molar-refractivity contribution in [1.82, 2.24) is 29.5 Å². The number of rotatable bonds is 5. The number of nitrogens with one attached hydrogen (secondary N) is 2. The highest BCUT2D eigenvalue weighted by molar-refractivity contribution is 6.35. The van der Waals surface area contributed by atoms with Crippen LogP contribution in [0.3, 0.4) is 0 Å². The van der Waals surface area contributed by atoms with Crippen molar-refractivity contribution in [1.29, 1.82) is 0 Å². The van der Waals surface area contributed by atoms with E-state index in [-0.39, 0.29) is 22.4 Å². The number of benzene rings is 2. The van der Waals surface area contributed by atoms with Gasteiger partial charge in [0.15, 0.2) is 11.5 Å². The van der Waals surface area contributed by atoms with Gasteiger partial charge in [-0.3, -0.25) is 9.36 Å². The topological polar surface area (TPSA) is 101 Å². The lowest BCUT2D eigenvalue weighted by Gasteiger charge is -2.22. The van der Waals surface area contributed by atoms with Crippen LogP contribution in [0.25, 0.3) is 27.8 Å². The molecule has 0 spiro atoms. The van der Waals surface area contributed by atoms with Crippen molar-refractivity contribution in [2.24, 2.45) is 0 Å². The molecular weight excluding hydrogens is 471 g/mol. The second-order valence-corrected chi connectivity index (χ2v) is 7.77. The number of imidazole rings is 1. The summed E-state index contributed by atoms with van der Waals surface area (Å²) in [7, 11) is 0. The highest BCUT2D eigenvalue weighted by atomic mass is 35.5. The number of fused-ring (bicyclic) bond motifs is 2. The summed E-state index contributed by atoms with van der Waals surface area (Å²) < 4.78 is 44.0. The Morgan fingerprint density at radius 3 is 2.71 bits per heavy atom. The van der Waals surface area contributed by atoms with Crippen molar-refractivity contribution in [3.8, 4) is 5.69 Å². The molecule has 5 rings (SSSR count). The Morgan fingerprint density at radius 1 is 1.12 bits per heavy atom. The number of H-pyrrole nitrogens is 1. The molecule has 8 nitrogen and oxygen atoms in total. The molecule has 0 aliphatic rings. The summed E-state index contributed by atoms with van der Waals surface area (Å²) in [6.45, 7) is 1.81. The summed E-state index contributed by atoms with van der Waals surface area (Å²) in [6, 6.07) is 4.36. The third kappa shape index (κ3) is 3.54. The molecule has 34 heavy (non-hydrogen) atoms. The van der Waals surface area contributed by atoms with Gasteiger partial charge in [0, 0.05) is 6.07 Å². The minimum atomic E-state index is -0.870. The zero-order valence-corrected chi connectivity index (χ0v) is 18.2. The summed E-state index contributed by atoms with van der Waals surface area (Å²) in [5, 5.41) is 2.45. The van der Waals surface area contributed by atoms with Crippen molar-refractivity contribution >= 4 is 39.5 Å². The summed E-state index contributed by atoms with van der Waals surface area (Å²) in [6.07, 6.45) is 3.14.